The first kappa shape index (κ1) is 20.2. The van der Waals surface area contributed by atoms with Crippen molar-refractivity contribution in [3.8, 4) is 11.3 Å². The number of benzene rings is 1. The Labute approximate surface area is 161 Å². The molecule has 6 nitrogen and oxygen atoms in total. The smallest absolute Gasteiger partial charge is 0.317 e. The van der Waals surface area contributed by atoms with Crippen LogP contribution in [0.1, 0.15) is 29.8 Å². The quantitative estimate of drug-likeness (QED) is 0.768. The van der Waals surface area contributed by atoms with Gasteiger partial charge in [0.2, 0.25) is 0 Å². The summed E-state index contributed by atoms with van der Waals surface area (Å²) in [4.78, 5) is 30.3. The number of aromatic nitrogens is 1. The molecule has 1 heterocycles. The molecule has 1 aromatic heterocycles. The molecular formula is C18H22ClN3O3S. The lowest BCUT2D eigenvalue weighted by Crippen LogP contribution is -2.41. The van der Waals surface area contributed by atoms with Crippen LogP contribution in [0.2, 0.25) is 5.02 Å². The van der Waals surface area contributed by atoms with Gasteiger partial charge in [0, 0.05) is 29.1 Å². The largest absolute Gasteiger partial charge is 0.481 e. The minimum absolute atomic E-state index is 0.140. The van der Waals surface area contributed by atoms with Crippen LogP contribution in [0.5, 0.6) is 0 Å². The molecule has 2 N–H and O–H groups in total. The Bertz CT molecular complexity index is 791. The van der Waals surface area contributed by atoms with E-state index in [-0.39, 0.29) is 18.6 Å². The van der Waals surface area contributed by atoms with Crippen molar-refractivity contribution >= 4 is 34.9 Å². The van der Waals surface area contributed by atoms with Crippen LogP contribution >= 0.6 is 22.9 Å². The SMILES string of the molecule is Cc1sc(C(C)NC(=O)N(C)CC(C)C(=O)O)nc1-c1ccc(Cl)cc1. The van der Waals surface area contributed by atoms with E-state index in [0.717, 1.165) is 21.1 Å². The number of halogens is 1. The Kier molecular flexibility index (Phi) is 6.61. The molecular weight excluding hydrogens is 374 g/mol. The Morgan fingerprint density at radius 3 is 2.50 bits per heavy atom. The summed E-state index contributed by atoms with van der Waals surface area (Å²) in [5, 5.41) is 13.3. The number of rotatable bonds is 6. The lowest BCUT2D eigenvalue weighted by atomic mass is 10.1. The summed E-state index contributed by atoms with van der Waals surface area (Å²) in [6.45, 7) is 5.55. The summed E-state index contributed by atoms with van der Waals surface area (Å²) >= 11 is 7.45. The zero-order chi connectivity index (χ0) is 19.4. The number of thiazole rings is 1. The highest BCUT2D eigenvalue weighted by molar-refractivity contribution is 7.12. The molecule has 0 saturated heterocycles. The van der Waals surface area contributed by atoms with Gasteiger partial charge in [0.15, 0.2) is 0 Å². The molecule has 0 aliphatic carbocycles. The van der Waals surface area contributed by atoms with Gasteiger partial charge in [-0.15, -0.1) is 11.3 Å². The predicted octanol–water partition coefficient (Wildman–Crippen LogP) is 4.20. The van der Waals surface area contributed by atoms with Crippen LogP contribution in [0.25, 0.3) is 11.3 Å². The van der Waals surface area contributed by atoms with Gasteiger partial charge in [0.05, 0.1) is 17.7 Å². The lowest BCUT2D eigenvalue weighted by molar-refractivity contribution is -0.141. The van der Waals surface area contributed by atoms with E-state index in [9.17, 15) is 9.59 Å². The average molecular weight is 396 g/mol. The molecule has 0 radical (unpaired) electrons. The van der Waals surface area contributed by atoms with Crippen LogP contribution in [0.3, 0.4) is 0 Å². The number of aliphatic carboxylic acids is 1. The number of carbonyl (C=O) groups is 2. The molecule has 8 heteroatoms. The molecule has 0 saturated carbocycles. The maximum Gasteiger partial charge on any atom is 0.317 e. The second kappa shape index (κ2) is 8.51. The predicted molar refractivity (Wildman–Crippen MR) is 104 cm³/mol. The van der Waals surface area contributed by atoms with E-state index in [2.05, 4.69) is 10.3 Å². The second-order valence-corrected chi connectivity index (χ2v) is 7.93. The zero-order valence-corrected chi connectivity index (χ0v) is 16.7. The van der Waals surface area contributed by atoms with Gasteiger partial charge >= 0.3 is 12.0 Å². The number of carbonyl (C=O) groups excluding carboxylic acids is 1. The molecule has 0 aliphatic rings. The molecule has 140 valence electrons. The molecule has 2 rings (SSSR count). The Hall–Kier alpha value is -2.12. The highest BCUT2D eigenvalue weighted by Gasteiger charge is 2.21. The number of urea groups is 1. The number of nitrogens with one attached hydrogen (secondary N) is 1. The Morgan fingerprint density at radius 1 is 1.31 bits per heavy atom. The van der Waals surface area contributed by atoms with E-state index in [1.54, 1.807) is 14.0 Å². The molecule has 2 atom stereocenters. The van der Waals surface area contributed by atoms with Gasteiger partial charge in [-0.3, -0.25) is 4.79 Å². The molecule has 1 aromatic carbocycles. The molecule has 0 spiro atoms. The van der Waals surface area contributed by atoms with Crippen molar-refractivity contribution in [3.05, 3.63) is 39.2 Å². The molecule has 26 heavy (non-hydrogen) atoms. The molecule has 0 fully saturated rings. The number of hydrogen-bond acceptors (Lipinski definition) is 4. The van der Waals surface area contributed by atoms with Crippen molar-refractivity contribution in [1.82, 2.24) is 15.2 Å². The maximum atomic E-state index is 12.3. The van der Waals surface area contributed by atoms with Crippen LogP contribution in [-0.2, 0) is 4.79 Å². The standard InChI is InChI=1S/C18H22ClN3O3S/c1-10(17(23)24)9-22(4)18(25)20-11(2)16-21-15(12(3)26-16)13-5-7-14(19)8-6-13/h5-8,10-11H,9H2,1-4H3,(H,20,25)(H,23,24). The van der Waals surface area contributed by atoms with Gasteiger partial charge in [0.1, 0.15) is 5.01 Å². The van der Waals surface area contributed by atoms with Gasteiger partial charge in [-0.1, -0.05) is 30.7 Å². The highest BCUT2D eigenvalue weighted by Crippen LogP contribution is 2.31. The average Bonchev–Trinajstić information content (AvgIpc) is 2.97. The topological polar surface area (TPSA) is 82.5 Å². The second-order valence-electron chi connectivity index (χ2n) is 6.25. The fraction of sp³-hybridized carbons (Fsp3) is 0.389. The van der Waals surface area contributed by atoms with Crippen LogP contribution in [0, 0.1) is 12.8 Å². The first-order valence-electron chi connectivity index (χ1n) is 8.16. The summed E-state index contributed by atoms with van der Waals surface area (Å²) in [6, 6.07) is 6.86. The first-order chi connectivity index (χ1) is 12.2. The number of nitrogens with zero attached hydrogens (tertiary/aromatic N) is 2. The number of amides is 2. The van der Waals surface area contributed by atoms with Crippen LogP contribution < -0.4 is 5.32 Å². The summed E-state index contributed by atoms with van der Waals surface area (Å²) in [6.07, 6.45) is 0. The van der Waals surface area contributed by atoms with Gasteiger partial charge in [-0.05, 0) is 26.0 Å². The maximum absolute atomic E-state index is 12.3. The van der Waals surface area contributed by atoms with E-state index in [1.807, 2.05) is 38.1 Å². The number of carboxylic acids is 1. The van der Waals surface area contributed by atoms with Gasteiger partial charge < -0.3 is 15.3 Å². The van der Waals surface area contributed by atoms with E-state index in [0.29, 0.717) is 5.02 Å². The number of carboxylic acid groups (broad SMARTS) is 1. The third-order valence-corrected chi connectivity index (χ3v) is 5.36. The lowest BCUT2D eigenvalue weighted by Gasteiger charge is -2.22. The molecule has 0 bridgehead atoms. The van der Waals surface area contributed by atoms with Crippen LogP contribution in [0.4, 0.5) is 4.79 Å². The summed E-state index contributed by atoms with van der Waals surface area (Å²) in [5.41, 5.74) is 1.84. The monoisotopic (exact) mass is 395 g/mol. The third kappa shape index (κ3) is 4.95. The Morgan fingerprint density at radius 2 is 1.92 bits per heavy atom. The fourth-order valence-corrected chi connectivity index (χ4v) is 3.48. The summed E-state index contributed by atoms with van der Waals surface area (Å²) in [5.74, 6) is -1.56. The van der Waals surface area contributed by atoms with E-state index < -0.39 is 11.9 Å². The van der Waals surface area contributed by atoms with Crippen molar-refractivity contribution in [2.75, 3.05) is 13.6 Å². The Balaban J connectivity index is 2.07. The zero-order valence-electron chi connectivity index (χ0n) is 15.1. The molecule has 2 amide bonds. The minimum Gasteiger partial charge on any atom is -0.481 e. The fourth-order valence-electron chi connectivity index (χ4n) is 2.41. The van der Waals surface area contributed by atoms with Crippen molar-refractivity contribution in [2.24, 2.45) is 5.92 Å². The van der Waals surface area contributed by atoms with Gasteiger partial charge in [0.25, 0.3) is 0 Å². The molecule has 0 aliphatic heterocycles. The van der Waals surface area contributed by atoms with Crippen molar-refractivity contribution in [2.45, 2.75) is 26.8 Å². The van der Waals surface area contributed by atoms with Crippen molar-refractivity contribution in [3.63, 3.8) is 0 Å². The van der Waals surface area contributed by atoms with E-state index in [4.69, 9.17) is 16.7 Å². The highest BCUT2D eigenvalue weighted by atomic mass is 35.5. The van der Waals surface area contributed by atoms with E-state index in [1.165, 1.54) is 16.2 Å². The molecule has 2 aromatic rings. The van der Waals surface area contributed by atoms with Crippen LogP contribution in [-0.4, -0.2) is 40.6 Å². The number of aryl methyl sites for hydroxylation is 1. The van der Waals surface area contributed by atoms with Crippen molar-refractivity contribution < 1.29 is 14.7 Å². The van der Waals surface area contributed by atoms with Gasteiger partial charge in [-0.25, -0.2) is 9.78 Å². The summed E-state index contributed by atoms with van der Waals surface area (Å²) in [7, 11) is 1.58. The van der Waals surface area contributed by atoms with E-state index >= 15 is 0 Å². The van der Waals surface area contributed by atoms with Crippen molar-refractivity contribution in [1.29, 1.82) is 0 Å². The normalized spacial score (nSPS) is 13.1. The summed E-state index contributed by atoms with van der Waals surface area (Å²) < 4.78 is 0. The van der Waals surface area contributed by atoms with Crippen LogP contribution in [0.15, 0.2) is 24.3 Å². The minimum atomic E-state index is -0.930. The molecule has 2 unspecified atom stereocenters. The first-order valence-corrected chi connectivity index (χ1v) is 9.36. The third-order valence-electron chi connectivity index (χ3n) is 3.96. The number of hydrogen-bond donors (Lipinski definition) is 2. The van der Waals surface area contributed by atoms with Gasteiger partial charge in [-0.2, -0.15) is 0 Å².